The zero-order valence-electron chi connectivity index (χ0n) is 20.5. The Bertz CT molecular complexity index is 1040. The molecule has 0 radical (unpaired) electrons. The maximum atomic E-state index is 12.4. The van der Waals surface area contributed by atoms with Crippen LogP contribution >= 0.6 is 0 Å². The number of nitrogens with zero attached hydrogens (tertiary/aromatic N) is 2. The quantitative estimate of drug-likeness (QED) is 0.169. The molecule has 34 heavy (non-hydrogen) atoms. The van der Waals surface area contributed by atoms with E-state index in [9.17, 15) is 4.79 Å². The van der Waals surface area contributed by atoms with Gasteiger partial charge in [0.05, 0.1) is 18.5 Å². The molecule has 0 aliphatic heterocycles. The van der Waals surface area contributed by atoms with E-state index < -0.39 is 0 Å². The van der Waals surface area contributed by atoms with Gasteiger partial charge in [-0.3, -0.25) is 9.89 Å². The van der Waals surface area contributed by atoms with Crippen LogP contribution in [0.15, 0.2) is 59.7 Å². The average molecular weight is 461 g/mol. The standard InChI is InChI=1S/C28H36N4O2/c1-4-5-6-7-8-9-18-34-25-16-14-24(15-17-25)26-19-27(31-30-26)28(33)32-29-20-22-10-12-23(13-11-22)21(2)3/h10-17,19-21H,4-9,18H2,1-3H3,(H,30,31)(H,32,33)/b29-20+. The fraction of sp³-hybridized carbons (Fsp3) is 0.393. The lowest BCUT2D eigenvalue weighted by Crippen LogP contribution is -2.18. The van der Waals surface area contributed by atoms with E-state index in [0.717, 1.165) is 29.9 Å². The third kappa shape index (κ3) is 7.87. The molecule has 0 saturated heterocycles. The van der Waals surface area contributed by atoms with Crippen molar-refractivity contribution in [3.63, 3.8) is 0 Å². The highest BCUT2D eigenvalue weighted by Gasteiger charge is 2.10. The third-order valence-electron chi connectivity index (χ3n) is 5.72. The summed E-state index contributed by atoms with van der Waals surface area (Å²) in [5, 5.41) is 11.1. The predicted octanol–water partition coefficient (Wildman–Crippen LogP) is 6.70. The van der Waals surface area contributed by atoms with E-state index in [1.807, 2.05) is 36.4 Å². The van der Waals surface area contributed by atoms with E-state index in [-0.39, 0.29) is 5.91 Å². The highest BCUT2D eigenvalue weighted by atomic mass is 16.5. The number of carbonyl (C=O) groups is 1. The monoisotopic (exact) mass is 460 g/mol. The third-order valence-corrected chi connectivity index (χ3v) is 5.72. The molecule has 1 heterocycles. The molecule has 2 N–H and O–H groups in total. The topological polar surface area (TPSA) is 79.4 Å². The molecule has 0 saturated carbocycles. The van der Waals surface area contributed by atoms with Gasteiger partial charge in [0.25, 0.3) is 5.91 Å². The van der Waals surface area contributed by atoms with Gasteiger partial charge >= 0.3 is 0 Å². The SMILES string of the molecule is CCCCCCCCOc1ccc(-c2cc(C(=O)N/N=C/c3ccc(C(C)C)cc3)[nH]n2)cc1. The number of nitrogens with one attached hydrogen (secondary N) is 2. The van der Waals surface area contributed by atoms with Gasteiger partial charge in [-0.25, -0.2) is 5.43 Å². The zero-order valence-corrected chi connectivity index (χ0v) is 20.5. The lowest BCUT2D eigenvalue weighted by Gasteiger charge is -2.06. The molecule has 180 valence electrons. The van der Waals surface area contributed by atoms with Crippen molar-refractivity contribution < 1.29 is 9.53 Å². The molecule has 0 aliphatic carbocycles. The molecular formula is C28H36N4O2. The second-order valence-electron chi connectivity index (χ2n) is 8.83. The smallest absolute Gasteiger partial charge is 0.289 e. The number of aromatic nitrogens is 2. The lowest BCUT2D eigenvalue weighted by molar-refractivity contribution is 0.0950. The number of unbranched alkanes of at least 4 members (excludes halogenated alkanes) is 5. The first-order chi connectivity index (χ1) is 16.6. The summed E-state index contributed by atoms with van der Waals surface area (Å²) in [7, 11) is 0. The second-order valence-corrected chi connectivity index (χ2v) is 8.83. The number of benzene rings is 2. The Morgan fingerprint density at radius 2 is 1.74 bits per heavy atom. The molecule has 3 rings (SSSR count). The number of hydrazone groups is 1. The van der Waals surface area contributed by atoms with E-state index in [0.29, 0.717) is 17.3 Å². The summed E-state index contributed by atoms with van der Waals surface area (Å²) in [6.07, 6.45) is 9.10. The Labute approximate surface area is 202 Å². The summed E-state index contributed by atoms with van der Waals surface area (Å²) in [5.74, 6) is 0.989. The molecule has 0 aliphatic rings. The second kappa shape index (κ2) is 13.3. The number of aromatic amines is 1. The Morgan fingerprint density at radius 1 is 1.03 bits per heavy atom. The van der Waals surface area contributed by atoms with Crippen LogP contribution in [-0.4, -0.2) is 28.9 Å². The summed E-state index contributed by atoms with van der Waals surface area (Å²) in [6, 6.07) is 17.6. The summed E-state index contributed by atoms with van der Waals surface area (Å²) in [4.78, 5) is 12.4. The van der Waals surface area contributed by atoms with Crippen LogP contribution in [0.2, 0.25) is 0 Å². The van der Waals surface area contributed by atoms with Crippen molar-refractivity contribution in [2.75, 3.05) is 6.61 Å². The Balaban J connectivity index is 1.46. The van der Waals surface area contributed by atoms with E-state index in [1.165, 1.54) is 37.7 Å². The Kier molecular flexibility index (Phi) is 9.89. The Hall–Kier alpha value is -3.41. The molecule has 6 nitrogen and oxygen atoms in total. The van der Waals surface area contributed by atoms with Gasteiger partial charge in [0.15, 0.2) is 0 Å². The molecule has 3 aromatic rings. The Morgan fingerprint density at radius 3 is 2.44 bits per heavy atom. The van der Waals surface area contributed by atoms with Crippen molar-refractivity contribution in [1.82, 2.24) is 15.6 Å². The first kappa shape index (κ1) is 25.2. The number of hydrogen-bond acceptors (Lipinski definition) is 4. The number of carbonyl (C=O) groups excluding carboxylic acids is 1. The maximum absolute atomic E-state index is 12.4. The fourth-order valence-corrected chi connectivity index (χ4v) is 3.57. The summed E-state index contributed by atoms with van der Waals surface area (Å²) in [5.41, 5.74) is 6.70. The van der Waals surface area contributed by atoms with Gasteiger partial charge in [-0.05, 0) is 53.8 Å². The molecule has 0 bridgehead atoms. The van der Waals surface area contributed by atoms with Crippen LogP contribution in [0.3, 0.4) is 0 Å². The molecule has 0 unspecified atom stereocenters. The molecule has 0 spiro atoms. The molecule has 2 aromatic carbocycles. The van der Waals surface area contributed by atoms with Gasteiger partial charge in [0.2, 0.25) is 0 Å². The molecule has 6 heteroatoms. The van der Waals surface area contributed by atoms with Gasteiger partial charge in [-0.15, -0.1) is 0 Å². The van der Waals surface area contributed by atoms with Gasteiger partial charge in [-0.2, -0.15) is 10.2 Å². The highest BCUT2D eigenvalue weighted by molar-refractivity contribution is 5.94. The number of hydrogen-bond donors (Lipinski definition) is 2. The van der Waals surface area contributed by atoms with Crippen LogP contribution in [0.1, 0.15) is 86.8 Å². The number of H-pyrrole nitrogens is 1. The van der Waals surface area contributed by atoms with E-state index in [1.54, 1.807) is 12.3 Å². The van der Waals surface area contributed by atoms with Crippen molar-refractivity contribution in [1.29, 1.82) is 0 Å². The van der Waals surface area contributed by atoms with E-state index >= 15 is 0 Å². The fourth-order valence-electron chi connectivity index (χ4n) is 3.57. The molecule has 1 aromatic heterocycles. The van der Waals surface area contributed by atoms with Crippen molar-refractivity contribution in [3.8, 4) is 17.0 Å². The van der Waals surface area contributed by atoms with E-state index in [2.05, 4.69) is 53.6 Å². The minimum absolute atomic E-state index is 0.340. The van der Waals surface area contributed by atoms with Gasteiger partial charge in [0.1, 0.15) is 11.4 Å². The highest BCUT2D eigenvalue weighted by Crippen LogP contribution is 2.22. The zero-order chi connectivity index (χ0) is 24.2. The van der Waals surface area contributed by atoms with Crippen molar-refractivity contribution in [2.24, 2.45) is 5.10 Å². The largest absolute Gasteiger partial charge is 0.494 e. The minimum atomic E-state index is -0.340. The molecular weight excluding hydrogens is 424 g/mol. The summed E-state index contributed by atoms with van der Waals surface area (Å²) < 4.78 is 5.84. The predicted molar refractivity (Wildman–Crippen MR) is 138 cm³/mol. The number of rotatable bonds is 13. The van der Waals surface area contributed by atoms with Gasteiger partial charge in [0, 0.05) is 5.56 Å². The minimum Gasteiger partial charge on any atom is -0.494 e. The van der Waals surface area contributed by atoms with Crippen LogP contribution in [0.25, 0.3) is 11.3 Å². The first-order valence-corrected chi connectivity index (χ1v) is 12.3. The van der Waals surface area contributed by atoms with Gasteiger partial charge in [-0.1, -0.05) is 77.1 Å². The van der Waals surface area contributed by atoms with Crippen LogP contribution in [0.5, 0.6) is 5.75 Å². The molecule has 0 atom stereocenters. The van der Waals surface area contributed by atoms with Crippen LogP contribution in [0.4, 0.5) is 0 Å². The summed E-state index contributed by atoms with van der Waals surface area (Å²) in [6.45, 7) is 7.28. The molecule has 0 fully saturated rings. The van der Waals surface area contributed by atoms with Crippen molar-refractivity contribution in [3.05, 3.63) is 71.4 Å². The first-order valence-electron chi connectivity index (χ1n) is 12.3. The van der Waals surface area contributed by atoms with Crippen LogP contribution in [-0.2, 0) is 0 Å². The van der Waals surface area contributed by atoms with Crippen molar-refractivity contribution in [2.45, 2.75) is 65.2 Å². The summed E-state index contributed by atoms with van der Waals surface area (Å²) >= 11 is 0. The van der Waals surface area contributed by atoms with E-state index in [4.69, 9.17) is 4.74 Å². The van der Waals surface area contributed by atoms with Crippen molar-refractivity contribution >= 4 is 12.1 Å². The normalized spacial score (nSPS) is 11.3. The average Bonchev–Trinajstić information content (AvgIpc) is 3.35. The van der Waals surface area contributed by atoms with Crippen LogP contribution < -0.4 is 10.2 Å². The van der Waals surface area contributed by atoms with Crippen LogP contribution in [0, 0.1) is 0 Å². The number of ether oxygens (including phenoxy) is 1. The molecule has 1 amide bonds. The number of amides is 1. The van der Waals surface area contributed by atoms with Gasteiger partial charge < -0.3 is 4.74 Å². The maximum Gasteiger partial charge on any atom is 0.289 e. The lowest BCUT2D eigenvalue weighted by atomic mass is 10.0.